The highest BCUT2D eigenvalue weighted by atomic mass is 35.5. The third-order valence-corrected chi connectivity index (χ3v) is 4.31. The van der Waals surface area contributed by atoms with Crippen LogP contribution >= 0.6 is 11.6 Å². The normalized spacial score (nSPS) is 12.3. The molecule has 2 aromatic rings. The van der Waals surface area contributed by atoms with Gasteiger partial charge in [-0.15, -0.1) is 5.10 Å². The number of aromatic nitrogens is 3. The van der Waals surface area contributed by atoms with Crippen LogP contribution in [0.2, 0.25) is 5.02 Å². The second kappa shape index (κ2) is 6.77. The fourth-order valence-corrected chi connectivity index (χ4v) is 3.12. The molecule has 1 aromatic carbocycles. The summed E-state index contributed by atoms with van der Waals surface area (Å²) in [6, 6.07) is 2.12. The first-order valence-corrected chi connectivity index (χ1v) is 8.25. The lowest BCUT2D eigenvalue weighted by molar-refractivity contribution is -0.144. The summed E-state index contributed by atoms with van der Waals surface area (Å²) in [5.74, 6) is -2.47. The molecule has 0 amide bonds. The van der Waals surface area contributed by atoms with Gasteiger partial charge in [-0.1, -0.05) is 25.4 Å². The molecule has 1 aromatic heterocycles. The van der Waals surface area contributed by atoms with E-state index in [9.17, 15) is 26.1 Å². The predicted molar refractivity (Wildman–Crippen MR) is 82.2 cm³/mol. The summed E-state index contributed by atoms with van der Waals surface area (Å²) in [6.07, 6.45) is -4.84. The molecule has 0 atom stereocenters. The first kappa shape index (κ1) is 21.1. The Morgan fingerprint density at radius 2 is 1.88 bits per heavy atom. The molecule has 0 aliphatic rings. The Kier molecular flexibility index (Phi) is 5.72. The summed E-state index contributed by atoms with van der Waals surface area (Å²) in [6.45, 7) is 3.32. The molecular weight excluding hydrogens is 392 g/mol. The zero-order valence-electron chi connectivity index (χ0n) is 12.7. The van der Waals surface area contributed by atoms with E-state index in [1.807, 2.05) is 0 Å². The number of anilines is 1. The molecule has 1 heterocycles. The number of nitrogens with two attached hydrogens (primary N) is 1. The van der Waals surface area contributed by atoms with Gasteiger partial charge in [0.15, 0.2) is 0 Å². The first-order chi connectivity index (χ1) is 10.8. The Balaban J connectivity index is 0.00000312. The van der Waals surface area contributed by atoms with E-state index in [1.165, 1.54) is 6.07 Å². The largest absolute Gasteiger partial charge is 0.453 e. The standard InChI is InChI=1S/C12H12ClF3N4O3S.FH/c1-5(2)6-3-7(13)8(4-9(6)24(21,22)23)20-11(17)18-10(19-20)12(14,15)16;/h3-5H,1-2H3,(H2,17,18,19)(H,21,22,23);1H. The van der Waals surface area contributed by atoms with Gasteiger partial charge >= 0.3 is 6.18 Å². The second-order valence-electron chi connectivity index (χ2n) is 5.17. The van der Waals surface area contributed by atoms with Crippen LogP contribution in [-0.4, -0.2) is 27.7 Å². The zero-order chi connectivity index (χ0) is 18.4. The SMILES string of the molecule is CC(C)c1cc(Cl)c(-n2nc(C(F)(F)F)nc2N)cc1S(=O)(=O)O.F. The zero-order valence-corrected chi connectivity index (χ0v) is 14.3. The minimum Gasteiger partial charge on any atom is -0.368 e. The average Bonchev–Trinajstić information content (AvgIpc) is 2.79. The van der Waals surface area contributed by atoms with Gasteiger partial charge in [0, 0.05) is 0 Å². The molecule has 25 heavy (non-hydrogen) atoms. The highest BCUT2D eigenvalue weighted by Crippen LogP contribution is 2.34. The van der Waals surface area contributed by atoms with E-state index in [2.05, 4.69) is 10.1 Å². The molecule has 140 valence electrons. The fraction of sp³-hybridized carbons (Fsp3) is 0.333. The van der Waals surface area contributed by atoms with Crippen molar-refractivity contribution in [1.29, 1.82) is 0 Å². The van der Waals surface area contributed by atoms with Crippen LogP contribution in [-0.2, 0) is 16.3 Å². The first-order valence-electron chi connectivity index (χ1n) is 6.43. The number of halogens is 5. The van der Waals surface area contributed by atoms with Crippen molar-refractivity contribution in [2.45, 2.75) is 30.8 Å². The Hall–Kier alpha value is -1.92. The van der Waals surface area contributed by atoms with Crippen molar-refractivity contribution in [1.82, 2.24) is 14.8 Å². The fourth-order valence-electron chi connectivity index (χ4n) is 2.02. The highest BCUT2D eigenvalue weighted by molar-refractivity contribution is 7.85. The van der Waals surface area contributed by atoms with Crippen LogP contribution in [0, 0.1) is 0 Å². The molecule has 0 saturated heterocycles. The Morgan fingerprint density at radius 1 is 1.32 bits per heavy atom. The molecule has 0 unspecified atom stereocenters. The van der Waals surface area contributed by atoms with Gasteiger partial charge in [-0.2, -0.15) is 31.3 Å². The number of hydrogen-bond acceptors (Lipinski definition) is 5. The molecule has 7 nitrogen and oxygen atoms in total. The van der Waals surface area contributed by atoms with Crippen molar-refractivity contribution in [2.75, 3.05) is 5.73 Å². The lowest BCUT2D eigenvalue weighted by atomic mass is 10.0. The average molecular weight is 405 g/mol. The van der Waals surface area contributed by atoms with Crippen LogP contribution in [0.5, 0.6) is 0 Å². The van der Waals surface area contributed by atoms with Gasteiger partial charge in [-0.05, 0) is 23.6 Å². The summed E-state index contributed by atoms with van der Waals surface area (Å²) in [5, 5.41) is 3.10. The van der Waals surface area contributed by atoms with Gasteiger partial charge in [0.1, 0.15) is 0 Å². The molecule has 0 bridgehead atoms. The lowest BCUT2D eigenvalue weighted by Gasteiger charge is -2.14. The van der Waals surface area contributed by atoms with E-state index in [-0.39, 0.29) is 26.9 Å². The van der Waals surface area contributed by atoms with Crippen LogP contribution < -0.4 is 5.73 Å². The lowest BCUT2D eigenvalue weighted by Crippen LogP contribution is -2.10. The minimum absolute atomic E-state index is 0. The van der Waals surface area contributed by atoms with E-state index < -0.39 is 33.0 Å². The number of nitrogen functional groups attached to an aromatic ring is 1. The van der Waals surface area contributed by atoms with Gasteiger partial charge in [0.05, 0.1) is 15.6 Å². The van der Waals surface area contributed by atoms with Gasteiger partial charge in [0.25, 0.3) is 15.9 Å². The molecule has 0 aliphatic carbocycles. The molecule has 0 spiro atoms. The van der Waals surface area contributed by atoms with E-state index in [0.29, 0.717) is 4.68 Å². The number of benzene rings is 1. The smallest absolute Gasteiger partial charge is 0.368 e. The number of rotatable bonds is 3. The summed E-state index contributed by atoms with van der Waals surface area (Å²) in [7, 11) is -4.64. The topological polar surface area (TPSA) is 111 Å². The maximum atomic E-state index is 12.7. The number of nitrogens with zero attached hydrogens (tertiary/aromatic N) is 3. The van der Waals surface area contributed by atoms with E-state index in [0.717, 1.165) is 6.07 Å². The molecule has 0 saturated carbocycles. The summed E-state index contributed by atoms with van der Waals surface area (Å²) in [5.41, 5.74) is 5.35. The quantitative estimate of drug-likeness (QED) is 0.600. The predicted octanol–water partition coefficient (Wildman–Crippen LogP) is 3.04. The van der Waals surface area contributed by atoms with Crippen molar-refractivity contribution in [3.63, 3.8) is 0 Å². The van der Waals surface area contributed by atoms with Crippen molar-refractivity contribution in [3.05, 3.63) is 28.5 Å². The van der Waals surface area contributed by atoms with E-state index in [4.69, 9.17) is 17.3 Å². The highest BCUT2D eigenvalue weighted by Gasteiger charge is 2.37. The Labute approximate surface area is 144 Å². The maximum absolute atomic E-state index is 12.7. The van der Waals surface area contributed by atoms with Crippen LogP contribution in [0.25, 0.3) is 5.69 Å². The van der Waals surface area contributed by atoms with Crippen LogP contribution in [0.15, 0.2) is 17.0 Å². The molecule has 13 heteroatoms. The van der Waals surface area contributed by atoms with E-state index >= 15 is 0 Å². The van der Waals surface area contributed by atoms with Crippen molar-refractivity contribution >= 4 is 27.7 Å². The minimum atomic E-state index is -4.84. The third-order valence-electron chi connectivity index (χ3n) is 3.09. The molecule has 2 rings (SSSR count). The summed E-state index contributed by atoms with van der Waals surface area (Å²) >= 11 is 6.02. The molecule has 0 aliphatic heterocycles. The molecule has 0 fully saturated rings. The van der Waals surface area contributed by atoms with Crippen molar-refractivity contribution in [3.8, 4) is 5.69 Å². The Morgan fingerprint density at radius 3 is 2.28 bits per heavy atom. The van der Waals surface area contributed by atoms with Gasteiger partial charge in [-0.25, -0.2) is 0 Å². The molecule has 3 N–H and O–H groups in total. The van der Waals surface area contributed by atoms with Crippen LogP contribution in [0.4, 0.5) is 23.8 Å². The van der Waals surface area contributed by atoms with Crippen molar-refractivity contribution < 1.29 is 30.8 Å². The summed E-state index contributed by atoms with van der Waals surface area (Å²) < 4.78 is 71.1. The number of alkyl halides is 3. The van der Waals surface area contributed by atoms with E-state index in [1.54, 1.807) is 13.8 Å². The Bertz CT molecular complexity index is 896. The summed E-state index contributed by atoms with van der Waals surface area (Å²) in [4.78, 5) is 2.58. The number of hydrogen-bond donors (Lipinski definition) is 2. The van der Waals surface area contributed by atoms with Gasteiger partial charge in [-0.3, -0.25) is 9.26 Å². The maximum Gasteiger partial charge on any atom is 0.453 e. The van der Waals surface area contributed by atoms with Crippen molar-refractivity contribution in [2.24, 2.45) is 0 Å². The molecular formula is C12H13ClF4N4O3S. The van der Waals surface area contributed by atoms with Crippen LogP contribution in [0.1, 0.15) is 31.2 Å². The van der Waals surface area contributed by atoms with Crippen LogP contribution in [0.3, 0.4) is 0 Å². The monoisotopic (exact) mass is 404 g/mol. The molecule has 0 radical (unpaired) electrons. The van der Waals surface area contributed by atoms with Gasteiger partial charge < -0.3 is 5.73 Å². The second-order valence-corrected chi connectivity index (χ2v) is 6.97. The third kappa shape index (κ3) is 4.19. The van der Waals surface area contributed by atoms with Gasteiger partial charge in [0.2, 0.25) is 5.95 Å².